The Balaban J connectivity index is 2.14. The number of methoxy groups -OCH3 is 1. The van der Waals surface area contributed by atoms with Gasteiger partial charge >= 0.3 is 0 Å². The maximum absolute atomic E-state index is 11.9. The molecular formula is C14H18N2O3. The molecule has 1 N–H and O–H groups in total. The molecule has 0 aliphatic carbocycles. The molecule has 102 valence electrons. The molecule has 1 atom stereocenters. The van der Waals surface area contributed by atoms with E-state index in [1.165, 1.54) is 7.05 Å². The van der Waals surface area contributed by atoms with Crippen LogP contribution in [0.2, 0.25) is 0 Å². The standard InChI is InChI=1S/C14H18N2O3/c1-9(6-7-19-3)15-10-4-5-11-12(8-10)14(18)16(2)13(11)17/h4-5,8-9,15H,6-7H2,1-3H3. The molecule has 2 rings (SSSR count). The second kappa shape index (κ2) is 5.40. The highest BCUT2D eigenvalue weighted by molar-refractivity contribution is 6.21. The normalized spacial score (nSPS) is 15.6. The number of nitrogens with zero attached hydrogens (tertiary/aromatic N) is 1. The molecule has 1 heterocycles. The molecule has 1 aliphatic heterocycles. The van der Waals surface area contributed by atoms with Gasteiger partial charge in [-0.05, 0) is 31.5 Å². The first kappa shape index (κ1) is 13.5. The van der Waals surface area contributed by atoms with Crippen LogP contribution in [0.4, 0.5) is 5.69 Å². The largest absolute Gasteiger partial charge is 0.385 e. The molecule has 1 unspecified atom stereocenters. The van der Waals surface area contributed by atoms with E-state index < -0.39 is 0 Å². The molecule has 5 nitrogen and oxygen atoms in total. The average Bonchev–Trinajstić information content (AvgIpc) is 2.61. The zero-order valence-electron chi connectivity index (χ0n) is 11.4. The van der Waals surface area contributed by atoms with E-state index in [2.05, 4.69) is 5.32 Å². The Morgan fingerprint density at radius 3 is 2.63 bits per heavy atom. The van der Waals surface area contributed by atoms with Gasteiger partial charge in [-0.1, -0.05) is 0 Å². The Bertz CT molecular complexity index is 513. The third kappa shape index (κ3) is 2.61. The third-order valence-corrected chi connectivity index (χ3v) is 3.26. The van der Waals surface area contributed by atoms with Crippen LogP contribution in [0.25, 0.3) is 0 Å². The molecule has 0 radical (unpaired) electrons. The summed E-state index contributed by atoms with van der Waals surface area (Å²) in [5.74, 6) is -0.479. The van der Waals surface area contributed by atoms with Crippen LogP contribution in [-0.4, -0.2) is 43.5 Å². The van der Waals surface area contributed by atoms with Crippen molar-refractivity contribution in [1.82, 2.24) is 4.90 Å². The van der Waals surface area contributed by atoms with Crippen LogP contribution >= 0.6 is 0 Å². The zero-order chi connectivity index (χ0) is 14.0. The Morgan fingerprint density at radius 2 is 1.95 bits per heavy atom. The molecule has 19 heavy (non-hydrogen) atoms. The van der Waals surface area contributed by atoms with Crippen molar-refractivity contribution in [3.63, 3.8) is 0 Å². The average molecular weight is 262 g/mol. The smallest absolute Gasteiger partial charge is 0.261 e. The van der Waals surface area contributed by atoms with Gasteiger partial charge in [0.1, 0.15) is 0 Å². The van der Waals surface area contributed by atoms with Crippen molar-refractivity contribution in [2.45, 2.75) is 19.4 Å². The lowest BCUT2D eigenvalue weighted by Gasteiger charge is -2.15. The molecule has 1 aliphatic rings. The van der Waals surface area contributed by atoms with Crippen molar-refractivity contribution in [3.05, 3.63) is 29.3 Å². The van der Waals surface area contributed by atoms with E-state index in [4.69, 9.17) is 4.74 Å². The molecule has 0 bridgehead atoms. The first-order valence-corrected chi connectivity index (χ1v) is 6.26. The number of anilines is 1. The van der Waals surface area contributed by atoms with Crippen LogP contribution < -0.4 is 5.32 Å². The van der Waals surface area contributed by atoms with Gasteiger partial charge < -0.3 is 10.1 Å². The second-order valence-electron chi connectivity index (χ2n) is 4.76. The quantitative estimate of drug-likeness (QED) is 0.821. The molecule has 1 aromatic carbocycles. The molecule has 0 fully saturated rings. The summed E-state index contributed by atoms with van der Waals surface area (Å²) in [6.45, 7) is 2.73. The lowest BCUT2D eigenvalue weighted by atomic mass is 10.1. The fourth-order valence-corrected chi connectivity index (χ4v) is 2.10. The van der Waals surface area contributed by atoms with Crippen LogP contribution in [0.5, 0.6) is 0 Å². The van der Waals surface area contributed by atoms with Crippen molar-refractivity contribution in [1.29, 1.82) is 0 Å². The number of benzene rings is 1. The van der Waals surface area contributed by atoms with Crippen LogP contribution in [0.1, 0.15) is 34.1 Å². The van der Waals surface area contributed by atoms with Gasteiger partial charge in [-0.2, -0.15) is 0 Å². The van der Waals surface area contributed by atoms with Gasteiger partial charge in [-0.3, -0.25) is 14.5 Å². The number of fused-ring (bicyclic) bond motifs is 1. The van der Waals surface area contributed by atoms with E-state index in [9.17, 15) is 9.59 Å². The minimum atomic E-state index is -0.242. The molecule has 0 saturated heterocycles. The molecule has 0 spiro atoms. The minimum Gasteiger partial charge on any atom is -0.385 e. The van der Waals surface area contributed by atoms with Crippen molar-refractivity contribution in [3.8, 4) is 0 Å². The van der Waals surface area contributed by atoms with Gasteiger partial charge in [0.15, 0.2) is 0 Å². The summed E-state index contributed by atoms with van der Waals surface area (Å²) in [6.07, 6.45) is 0.875. The first-order valence-electron chi connectivity index (χ1n) is 6.26. The van der Waals surface area contributed by atoms with Gasteiger partial charge in [0.05, 0.1) is 11.1 Å². The van der Waals surface area contributed by atoms with Crippen molar-refractivity contribution >= 4 is 17.5 Å². The van der Waals surface area contributed by atoms with Crippen LogP contribution in [0.3, 0.4) is 0 Å². The number of ether oxygens (including phenoxy) is 1. The van der Waals surface area contributed by atoms with Crippen LogP contribution in [-0.2, 0) is 4.74 Å². The Hall–Kier alpha value is -1.88. The summed E-state index contributed by atoms with van der Waals surface area (Å²) in [4.78, 5) is 24.8. The summed E-state index contributed by atoms with van der Waals surface area (Å²) in [5.41, 5.74) is 1.79. The Kier molecular flexibility index (Phi) is 3.85. The molecule has 0 aromatic heterocycles. The first-order chi connectivity index (χ1) is 9.04. The highest BCUT2D eigenvalue weighted by atomic mass is 16.5. The number of imide groups is 1. The highest BCUT2D eigenvalue weighted by Gasteiger charge is 2.32. The van der Waals surface area contributed by atoms with Crippen LogP contribution in [0.15, 0.2) is 18.2 Å². The number of amides is 2. The summed E-state index contributed by atoms with van der Waals surface area (Å²) < 4.78 is 5.02. The predicted molar refractivity (Wildman–Crippen MR) is 72.4 cm³/mol. The maximum Gasteiger partial charge on any atom is 0.261 e. The monoisotopic (exact) mass is 262 g/mol. The fraction of sp³-hybridized carbons (Fsp3) is 0.429. The van der Waals surface area contributed by atoms with Gasteiger partial charge in [0.25, 0.3) is 11.8 Å². The topological polar surface area (TPSA) is 58.6 Å². The summed E-state index contributed by atoms with van der Waals surface area (Å²) >= 11 is 0. The lowest BCUT2D eigenvalue weighted by Crippen LogP contribution is -2.24. The second-order valence-corrected chi connectivity index (χ2v) is 4.76. The van der Waals surface area contributed by atoms with Gasteiger partial charge in [0, 0.05) is 32.5 Å². The summed E-state index contributed by atoms with van der Waals surface area (Å²) in [6, 6.07) is 5.50. The third-order valence-electron chi connectivity index (χ3n) is 3.26. The molecule has 0 saturated carbocycles. The van der Waals surface area contributed by atoms with Crippen molar-refractivity contribution in [2.75, 3.05) is 26.1 Å². The lowest BCUT2D eigenvalue weighted by molar-refractivity contribution is 0.0693. The molecular weight excluding hydrogens is 244 g/mol. The zero-order valence-corrected chi connectivity index (χ0v) is 11.4. The Morgan fingerprint density at radius 1 is 1.26 bits per heavy atom. The van der Waals surface area contributed by atoms with E-state index in [-0.39, 0.29) is 17.9 Å². The van der Waals surface area contributed by atoms with Crippen molar-refractivity contribution in [2.24, 2.45) is 0 Å². The number of rotatable bonds is 5. The Labute approximate surface area is 112 Å². The number of hydrogen-bond acceptors (Lipinski definition) is 4. The van der Waals surface area contributed by atoms with E-state index in [0.717, 1.165) is 17.0 Å². The number of carbonyl (C=O) groups is 2. The van der Waals surface area contributed by atoms with Crippen molar-refractivity contribution < 1.29 is 14.3 Å². The van der Waals surface area contributed by atoms with Crippen LogP contribution in [0, 0.1) is 0 Å². The number of carbonyl (C=O) groups excluding carboxylic acids is 2. The SMILES string of the molecule is COCCC(C)Nc1ccc2c(c1)C(=O)N(C)C2=O. The maximum atomic E-state index is 11.9. The molecule has 1 aromatic rings. The highest BCUT2D eigenvalue weighted by Crippen LogP contribution is 2.25. The van der Waals surface area contributed by atoms with E-state index in [1.54, 1.807) is 19.2 Å². The molecule has 2 amide bonds. The number of hydrogen-bond donors (Lipinski definition) is 1. The van der Waals surface area contributed by atoms with Gasteiger partial charge in [-0.15, -0.1) is 0 Å². The van der Waals surface area contributed by atoms with E-state index in [1.807, 2.05) is 13.0 Å². The number of nitrogens with one attached hydrogen (secondary N) is 1. The van der Waals surface area contributed by atoms with E-state index in [0.29, 0.717) is 17.7 Å². The summed E-state index contributed by atoms with van der Waals surface area (Å²) in [7, 11) is 3.17. The van der Waals surface area contributed by atoms with E-state index >= 15 is 0 Å². The van der Waals surface area contributed by atoms with Gasteiger partial charge in [-0.25, -0.2) is 0 Å². The summed E-state index contributed by atoms with van der Waals surface area (Å²) in [5, 5.41) is 3.29. The minimum absolute atomic E-state index is 0.237. The molecule has 5 heteroatoms. The predicted octanol–water partition coefficient (Wildman–Crippen LogP) is 1.75. The fourth-order valence-electron chi connectivity index (χ4n) is 2.10. The van der Waals surface area contributed by atoms with Gasteiger partial charge in [0.2, 0.25) is 0 Å².